The molecule has 0 amide bonds. The van der Waals surface area contributed by atoms with Crippen LogP contribution in [0.2, 0.25) is 0 Å². The summed E-state index contributed by atoms with van der Waals surface area (Å²) in [5.41, 5.74) is 0.898. The van der Waals surface area contributed by atoms with Crippen molar-refractivity contribution in [1.29, 1.82) is 0 Å². The molecule has 3 heteroatoms. The summed E-state index contributed by atoms with van der Waals surface area (Å²) in [6, 6.07) is 5.12. The Morgan fingerprint density at radius 3 is 2.73 bits per heavy atom. The first-order chi connectivity index (χ1) is 7.33. The molecule has 0 unspecified atom stereocenters. The molecule has 1 aliphatic heterocycles. The number of halogens is 1. The zero-order valence-electron chi connectivity index (χ0n) is 9.00. The van der Waals surface area contributed by atoms with Crippen LogP contribution in [0, 0.1) is 5.82 Å². The fourth-order valence-corrected chi connectivity index (χ4v) is 1.99. The normalized spacial score (nSPS) is 15.7. The van der Waals surface area contributed by atoms with E-state index in [1.165, 1.54) is 18.9 Å². The molecule has 0 bridgehead atoms. The summed E-state index contributed by atoms with van der Waals surface area (Å²) in [5, 5.41) is 0. The number of rotatable bonds is 3. The van der Waals surface area contributed by atoms with E-state index in [-0.39, 0.29) is 5.82 Å². The molecule has 0 atom stereocenters. The highest BCUT2D eigenvalue weighted by Gasteiger charge is 2.18. The van der Waals surface area contributed by atoms with Gasteiger partial charge in [-0.15, -0.1) is 0 Å². The minimum atomic E-state index is -0.263. The Bertz CT molecular complexity index is 334. The second-order valence-electron chi connectivity index (χ2n) is 3.72. The monoisotopic (exact) mass is 209 g/mol. The molecule has 82 valence electrons. The van der Waals surface area contributed by atoms with Crippen LogP contribution in [0.4, 0.5) is 10.1 Å². The number of ether oxygens (including phenoxy) is 1. The number of benzene rings is 1. The summed E-state index contributed by atoms with van der Waals surface area (Å²) in [7, 11) is 0. The van der Waals surface area contributed by atoms with Gasteiger partial charge in [0, 0.05) is 13.1 Å². The van der Waals surface area contributed by atoms with E-state index in [2.05, 4.69) is 4.90 Å². The van der Waals surface area contributed by atoms with E-state index in [1.54, 1.807) is 6.07 Å². The van der Waals surface area contributed by atoms with Gasteiger partial charge in [0.15, 0.2) is 11.6 Å². The molecule has 1 heterocycles. The van der Waals surface area contributed by atoms with Gasteiger partial charge in [0.25, 0.3) is 0 Å². The highest BCUT2D eigenvalue weighted by atomic mass is 19.1. The summed E-state index contributed by atoms with van der Waals surface area (Å²) in [6.07, 6.45) is 2.37. The van der Waals surface area contributed by atoms with Crippen molar-refractivity contribution < 1.29 is 9.13 Å². The largest absolute Gasteiger partial charge is 0.489 e. The molecule has 1 aliphatic rings. The van der Waals surface area contributed by atoms with E-state index < -0.39 is 0 Å². The lowest BCUT2D eigenvalue weighted by Gasteiger charge is -2.21. The van der Waals surface area contributed by atoms with Crippen LogP contribution in [0.5, 0.6) is 5.75 Å². The van der Waals surface area contributed by atoms with Gasteiger partial charge in [-0.1, -0.05) is 6.07 Å². The standard InChI is InChI=1S/C12H16FNO/c1-2-15-12-10(13)6-5-7-11(12)14-8-3-4-9-14/h5-7H,2-4,8-9H2,1H3. The SMILES string of the molecule is CCOc1c(F)cccc1N1CCCC1. The summed E-state index contributed by atoms with van der Waals surface area (Å²) in [4.78, 5) is 2.19. The first-order valence-electron chi connectivity index (χ1n) is 5.49. The van der Waals surface area contributed by atoms with Crippen molar-refractivity contribution >= 4 is 5.69 Å². The average molecular weight is 209 g/mol. The number of nitrogens with zero attached hydrogens (tertiary/aromatic N) is 1. The van der Waals surface area contributed by atoms with E-state index >= 15 is 0 Å². The maximum atomic E-state index is 13.5. The summed E-state index contributed by atoms with van der Waals surface area (Å²) in [6.45, 7) is 4.38. The summed E-state index contributed by atoms with van der Waals surface area (Å²) < 4.78 is 18.9. The summed E-state index contributed by atoms with van der Waals surface area (Å²) in [5.74, 6) is 0.142. The third-order valence-electron chi connectivity index (χ3n) is 2.68. The van der Waals surface area contributed by atoms with Crippen molar-refractivity contribution in [2.24, 2.45) is 0 Å². The third-order valence-corrected chi connectivity index (χ3v) is 2.68. The fourth-order valence-electron chi connectivity index (χ4n) is 1.99. The van der Waals surface area contributed by atoms with Crippen LogP contribution in [0.1, 0.15) is 19.8 Å². The van der Waals surface area contributed by atoms with Gasteiger partial charge in [-0.25, -0.2) is 4.39 Å². The Balaban J connectivity index is 2.31. The van der Waals surface area contributed by atoms with Crippen molar-refractivity contribution in [2.75, 3.05) is 24.6 Å². The van der Waals surface area contributed by atoms with Gasteiger partial charge in [-0.2, -0.15) is 0 Å². The van der Waals surface area contributed by atoms with Gasteiger partial charge in [-0.3, -0.25) is 0 Å². The second kappa shape index (κ2) is 4.51. The lowest BCUT2D eigenvalue weighted by Crippen LogP contribution is -2.19. The Morgan fingerprint density at radius 1 is 1.33 bits per heavy atom. The van der Waals surface area contributed by atoms with Crippen LogP contribution in [0.15, 0.2) is 18.2 Å². The number of anilines is 1. The molecule has 0 aliphatic carbocycles. The quantitative estimate of drug-likeness (QED) is 0.759. The lowest BCUT2D eigenvalue weighted by molar-refractivity contribution is 0.322. The minimum absolute atomic E-state index is 0.263. The van der Waals surface area contributed by atoms with Crippen LogP contribution in [-0.4, -0.2) is 19.7 Å². The highest BCUT2D eigenvalue weighted by Crippen LogP contribution is 2.33. The van der Waals surface area contributed by atoms with E-state index in [0.29, 0.717) is 12.4 Å². The van der Waals surface area contributed by atoms with Gasteiger partial charge in [0.2, 0.25) is 0 Å². The fraction of sp³-hybridized carbons (Fsp3) is 0.500. The van der Waals surface area contributed by atoms with Crippen molar-refractivity contribution in [3.05, 3.63) is 24.0 Å². The predicted octanol–water partition coefficient (Wildman–Crippen LogP) is 2.82. The zero-order valence-corrected chi connectivity index (χ0v) is 9.00. The van der Waals surface area contributed by atoms with Crippen molar-refractivity contribution in [3.63, 3.8) is 0 Å². The zero-order chi connectivity index (χ0) is 10.7. The molecule has 0 radical (unpaired) electrons. The molecule has 1 fully saturated rings. The highest BCUT2D eigenvalue weighted by molar-refractivity contribution is 5.59. The molecular weight excluding hydrogens is 193 g/mol. The number of hydrogen-bond donors (Lipinski definition) is 0. The van der Waals surface area contributed by atoms with Gasteiger partial charge in [0.05, 0.1) is 12.3 Å². The molecular formula is C12H16FNO. The molecule has 2 nitrogen and oxygen atoms in total. The minimum Gasteiger partial charge on any atom is -0.489 e. The van der Waals surface area contributed by atoms with Gasteiger partial charge in [-0.05, 0) is 31.9 Å². The molecule has 1 aromatic rings. The van der Waals surface area contributed by atoms with Crippen molar-refractivity contribution in [2.45, 2.75) is 19.8 Å². The van der Waals surface area contributed by atoms with Gasteiger partial charge >= 0.3 is 0 Å². The smallest absolute Gasteiger partial charge is 0.178 e. The molecule has 15 heavy (non-hydrogen) atoms. The maximum absolute atomic E-state index is 13.5. The second-order valence-corrected chi connectivity index (χ2v) is 3.72. The van der Waals surface area contributed by atoms with Crippen LogP contribution >= 0.6 is 0 Å². The third kappa shape index (κ3) is 2.06. The molecule has 1 aromatic carbocycles. The Labute approximate surface area is 89.7 Å². The molecule has 1 saturated heterocycles. The van der Waals surface area contributed by atoms with E-state index in [4.69, 9.17) is 4.74 Å². The molecule has 0 saturated carbocycles. The Kier molecular flexibility index (Phi) is 3.09. The lowest BCUT2D eigenvalue weighted by atomic mass is 10.2. The van der Waals surface area contributed by atoms with Gasteiger partial charge < -0.3 is 9.64 Å². The van der Waals surface area contributed by atoms with E-state index in [9.17, 15) is 4.39 Å². The molecule has 2 rings (SSSR count). The molecule has 0 N–H and O–H groups in total. The first-order valence-corrected chi connectivity index (χ1v) is 5.49. The maximum Gasteiger partial charge on any atom is 0.178 e. The van der Waals surface area contributed by atoms with Crippen LogP contribution < -0.4 is 9.64 Å². The van der Waals surface area contributed by atoms with Crippen LogP contribution in [0.3, 0.4) is 0 Å². The Morgan fingerprint density at radius 2 is 2.07 bits per heavy atom. The average Bonchev–Trinajstić information content (AvgIpc) is 2.74. The Hall–Kier alpha value is -1.25. The van der Waals surface area contributed by atoms with Crippen LogP contribution in [0.25, 0.3) is 0 Å². The predicted molar refractivity (Wildman–Crippen MR) is 59.0 cm³/mol. The van der Waals surface area contributed by atoms with E-state index in [1.807, 2.05) is 13.0 Å². The number of hydrogen-bond acceptors (Lipinski definition) is 2. The molecule has 0 aromatic heterocycles. The topological polar surface area (TPSA) is 12.5 Å². The van der Waals surface area contributed by atoms with E-state index in [0.717, 1.165) is 18.8 Å². The van der Waals surface area contributed by atoms with Crippen molar-refractivity contribution in [3.8, 4) is 5.75 Å². The van der Waals surface area contributed by atoms with Gasteiger partial charge in [0.1, 0.15) is 0 Å². The van der Waals surface area contributed by atoms with Crippen molar-refractivity contribution in [1.82, 2.24) is 0 Å². The first kappa shape index (κ1) is 10.3. The summed E-state index contributed by atoms with van der Waals surface area (Å²) >= 11 is 0. The molecule has 0 spiro atoms. The number of para-hydroxylation sites is 1. The van der Waals surface area contributed by atoms with Crippen LogP contribution in [-0.2, 0) is 0 Å².